The van der Waals surface area contributed by atoms with Crippen LogP contribution in [0.2, 0.25) is 0 Å². The van der Waals surface area contributed by atoms with E-state index in [1.165, 1.54) is 29.3 Å². The number of likely N-dealkylation sites (tertiary alicyclic amines) is 1. The maximum absolute atomic E-state index is 12.6. The van der Waals surface area contributed by atoms with Crippen LogP contribution < -0.4 is 10.6 Å². The average Bonchev–Trinajstić information content (AvgIpc) is 3.33. The van der Waals surface area contributed by atoms with Crippen molar-refractivity contribution in [1.82, 2.24) is 4.90 Å². The van der Waals surface area contributed by atoms with Crippen LogP contribution >= 0.6 is 11.3 Å². The van der Waals surface area contributed by atoms with Crippen LogP contribution in [-0.2, 0) is 9.59 Å². The molecule has 5 rings (SSSR count). The van der Waals surface area contributed by atoms with Crippen LogP contribution in [0.5, 0.6) is 0 Å². The molecule has 0 bridgehead atoms. The third-order valence-electron chi connectivity index (χ3n) is 5.92. The molecule has 2 aromatic carbocycles. The van der Waals surface area contributed by atoms with Crippen molar-refractivity contribution in [2.75, 3.05) is 30.3 Å². The summed E-state index contributed by atoms with van der Waals surface area (Å²) in [5.41, 5.74) is 2.96. The summed E-state index contributed by atoms with van der Waals surface area (Å²) < 4.78 is 1.20. The van der Waals surface area contributed by atoms with Gasteiger partial charge < -0.3 is 15.5 Å². The van der Waals surface area contributed by atoms with Gasteiger partial charge in [-0.15, -0.1) is 11.3 Å². The van der Waals surface area contributed by atoms with Gasteiger partial charge in [-0.2, -0.15) is 0 Å². The van der Waals surface area contributed by atoms with E-state index < -0.39 is 0 Å². The molecular weight excluding hydrogens is 406 g/mol. The van der Waals surface area contributed by atoms with Gasteiger partial charge in [0.2, 0.25) is 5.91 Å². The quantitative estimate of drug-likeness (QED) is 0.545. The molecule has 1 aromatic heterocycles. The lowest BCUT2D eigenvalue weighted by Crippen LogP contribution is -2.32. The fraction of sp³-hybridized carbons (Fsp3) is 0.280. The number of benzene rings is 2. The topological polar surface area (TPSA) is 61.4 Å². The number of fused-ring (bicyclic) bond motifs is 2. The lowest BCUT2D eigenvalue weighted by molar-refractivity contribution is -0.116. The molecular formula is C25H25N3O2S. The van der Waals surface area contributed by atoms with Gasteiger partial charge in [0, 0.05) is 39.5 Å². The molecule has 3 aromatic rings. The van der Waals surface area contributed by atoms with Gasteiger partial charge in [0.1, 0.15) is 0 Å². The Bertz CT molecular complexity index is 1140. The molecule has 2 aliphatic rings. The fourth-order valence-corrected chi connectivity index (χ4v) is 5.30. The van der Waals surface area contributed by atoms with Crippen molar-refractivity contribution < 1.29 is 9.59 Å². The number of carbonyl (C=O) groups excluding carboxylic acids is 2. The number of hydrogen-bond acceptors (Lipinski definition) is 4. The normalized spacial score (nSPS) is 17.7. The maximum atomic E-state index is 12.6. The zero-order chi connectivity index (χ0) is 21.2. The molecule has 2 aliphatic heterocycles. The highest BCUT2D eigenvalue weighted by Gasteiger charge is 2.25. The van der Waals surface area contributed by atoms with E-state index in [2.05, 4.69) is 33.7 Å². The average molecular weight is 432 g/mol. The predicted octanol–water partition coefficient (Wildman–Crippen LogP) is 5.21. The molecule has 31 heavy (non-hydrogen) atoms. The summed E-state index contributed by atoms with van der Waals surface area (Å²) in [6.45, 7) is 2.98. The number of anilines is 2. The first kappa shape index (κ1) is 20.0. The largest absolute Gasteiger partial charge is 0.326 e. The van der Waals surface area contributed by atoms with E-state index in [1.54, 1.807) is 11.3 Å². The smallest absolute Gasteiger partial charge is 0.256 e. The first-order valence-corrected chi connectivity index (χ1v) is 11.7. The van der Waals surface area contributed by atoms with E-state index in [0.29, 0.717) is 12.0 Å². The van der Waals surface area contributed by atoms with Gasteiger partial charge in [-0.3, -0.25) is 9.59 Å². The van der Waals surface area contributed by atoms with Crippen molar-refractivity contribution in [3.63, 3.8) is 0 Å². The third kappa shape index (κ3) is 4.40. The Balaban J connectivity index is 1.32. The molecule has 1 fully saturated rings. The lowest BCUT2D eigenvalue weighted by Gasteiger charge is -2.25. The number of thiophene rings is 1. The van der Waals surface area contributed by atoms with Crippen LogP contribution in [0.15, 0.2) is 48.5 Å². The fourth-order valence-electron chi connectivity index (χ4n) is 4.29. The second-order valence-electron chi connectivity index (χ2n) is 8.16. The molecule has 6 heteroatoms. The summed E-state index contributed by atoms with van der Waals surface area (Å²) in [6.07, 6.45) is 6.17. The summed E-state index contributed by atoms with van der Waals surface area (Å²) in [4.78, 5) is 28.5. The number of rotatable bonds is 5. The van der Waals surface area contributed by atoms with E-state index in [-0.39, 0.29) is 11.8 Å². The van der Waals surface area contributed by atoms with Crippen LogP contribution in [0, 0.1) is 0 Å². The summed E-state index contributed by atoms with van der Waals surface area (Å²) in [5, 5.41) is 7.10. The number of piperidine rings is 1. The van der Waals surface area contributed by atoms with Crippen molar-refractivity contribution in [2.24, 2.45) is 0 Å². The number of carbonyl (C=O) groups is 2. The number of hydrogen-bond donors (Lipinski definition) is 2. The Morgan fingerprint density at radius 3 is 2.77 bits per heavy atom. The molecule has 1 saturated heterocycles. The minimum atomic E-state index is -0.110. The Morgan fingerprint density at radius 2 is 1.94 bits per heavy atom. The Labute approximate surface area is 185 Å². The summed E-state index contributed by atoms with van der Waals surface area (Å²) in [5.74, 6) is -0.0983. The molecule has 0 unspecified atom stereocenters. The van der Waals surface area contributed by atoms with Gasteiger partial charge in [-0.1, -0.05) is 24.6 Å². The van der Waals surface area contributed by atoms with E-state index in [0.717, 1.165) is 41.4 Å². The Hall–Kier alpha value is -2.96. The minimum Gasteiger partial charge on any atom is -0.326 e. The first-order valence-electron chi connectivity index (χ1n) is 10.8. The predicted molar refractivity (Wildman–Crippen MR) is 128 cm³/mol. The van der Waals surface area contributed by atoms with Crippen LogP contribution in [0.25, 0.3) is 21.7 Å². The molecule has 2 amide bonds. The first-order chi connectivity index (χ1) is 15.2. The van der Waals surface area contributed by atoms with Gasteiger partial charge in [0.25, 0.3) is 5.91 Å². The molecule has 0 saturated carbocycles. The summed E-state index contributed by atoms with van der Waals surface area (Å²) in [7, 11) is 0. The highest BCUT2D eigenvalue weighted by molar-refractivity contribution is 7.19. The van der Waals surface area contributed by atoms with Gasteiger partial charge in [0.05, 0.1) is 5.57 Å². The third-order valence-corrected chi connectivity index (χ3v) is 6.98. The number of nitrogens with one attached hydrogen (secondary N) is 2. The highest BCUT2D eigenvalue weighted by atomic mass is 32.1. The van der Waals surface area contributed by atoms with Crippen LogP contribution in [0.1, 0.15) is 36.1 Å². The second kappa shape index (κ2) is 8.65. The van der Waals surface area contributed by atoms with Crippen molar-refractivity contribution in [1.29, 1.82) is 0 Å². The molecule has 0 atom stereocenters. The van der Waals surface area contributed by atoms with Crippen LogP contribution in [-0.4, -0.2) is 36.3 Å². The van der Waals surface area contributed by atoms with Gasteiger partial charge >= 0.3 is 0 Å². The monoisotopic (exact) mass is 431 g/mol. The maximum Gasteiger partial charge on any atom is 0.256 e. The zero-order valence-electron chi connectivity index (χ0n) is 17.3. The van der Waals surface area contributed by atoms with Crippen LogP contribution in [0.3, 0.4) is 0 Å². The van der Waals surface area contributed by atoms with Crippen LogP contribution in [0.4, 0.5) is 11.4 Å². The second-order valence-corrected chi connectivity index (χ2v) is 9.27. The highest BCUT2D eigenvalue weighted by Crippen LogP contribution is 2.37. The molecule has 5 nitrogen and oxygen atoms in total. The Morgan fingerprint density at radius 1 is 1.10 bits per heavy atom. The van der Waals surface area contributed by atoms with E-state index in [9.17, 15) is 9.59 Å². The molecule has 158 valence electrons. The molecule has 2 N–H and O–H groups in total. The van der Waals surface area contributed by atoms with Gasteiger partial charge in [0.15, 0.2) is 0 Å². The molecule has 0 radical (unpaired) electrons. The Kier molecular flexibility index (Phi) is 5.57. The lowest BCUT2D eigenvalue weighted by atomic mass is 10.1. The van der Waals surface area contributed by atoms with E-state index in [1.807, 2.05) is 36.4 Å². The molecule has 0 spiro atoms. The van der Waals surface area contributed by atoms with Crippen molar-refractivity contribution in [3.05, 3.63) is 59.0 Å². The summed E-state index contributed by atoms with van der Waals surface area (Å²) in [6, 6.07) is 15.9. The van der Waals surface area contributed by atoms with Crippen molar-refractivity contribution in [2.45, 2.75) is 25.7 Å². The number of amides is 2. The number of nitrogens with zero attached hydrogens (tertiary/aromatic N) is 1. The van der Waals surface area contributed by atoms with E-state index >= 15 is 0 Å². The van der Waals surface area contributed by atoms with E-state index in [4.69, 9.17) is 0 Å². The zero-order valence-corrected chi connectivity index (χ0v) is 18.1. The molecule has 0 aliphatic carbocycles. The standard InChI is InChI=1S/C25H25N3O2S/c29-24(10-13-28-11-4-1-5-12-28)26-18-8-9-22-20(15-18)21(25(30)27-22)16-19-14-17-6-2-3-7-23(17)31-19/h2-3,6-9,14-16H,1,4-5,10-13H2,(H,26,29)(H,27,30)/b21-16+. The van der Waals surface area contributed by atoms with Gasteiger partial charge in [-0.25, -0.2) is 0 Å². The molecule has 3 heterocycles. The summed E-state index contributed by atoms with van der Waals surface area (Å²) >= 11 is 1.66. The minimum absolute atomic E-state index is 0.0119. The SMILES string of the molecule is O=C(CCN1CCCCC1)Nc1ccc2c(c1)/C(=C\c1cc3ccccc3s1)C(=O)N2. The van der Waals surface area contributed by atoms with Gasteiger partial charge in [-0.05, 0) is 67.7 Å². The van der Waals surface area contributed by atoms with Crippen molar-refractivity contribution in [3.8, 4) is 0 Å². The van der Waals surface area contributed by atoms with Crippen molar-refractivity contribution >= 4 is 56.3 Å².